The molecule has 4 aliphatic rings. The molecule has 0 aromatic heterocycles. The van der Waals surface area contributed by atoms with Crippen LogP contribution in [0.5, 0.6) is 11.5 Å². The number of methoxy groups -OCH3 is 2. The lowest BCUT2D eigenvalue weighted by Crippen LogP contribution is -2.52. The van der Waals surface area contributed by atoms with Crippen molar-refractivity contribution < 1.29 is 14.3 Å². The average molecular weight is 503 g/mol. The third-order valence-electron chi connectivity index (χ3n) is 10.8. The number of ether oxygens (including phenoxy) is 2. The SMILES string of the molecule is COc1ccc(C(C)(C)NC(=O)[C@H]2CC[C@H]3[C@@H]4CC=C5C=C(C#N)CC[C@]5(C)[C@H]4CC[C@]23C)cc1OC. The van der Waals surface area contributed by atoms with E-state index in [-0.39, 0.29) is 22.7 Å². The van der Waals surface area contributed by atoms with Crippen LogP contribution in [0.4, 0.5) is 0 Å². The summed E-state index contributed by atoms with van der Waals surface area (Å²) in [6.07, 6.45) is 12.0. The maximum absolute atomic E-state index is 13.9. The van der Waals surface area contributed by atoms with Gasteiger partial charge in [-0.3, -0.25) is 4.79 Å². The molecule has 1 aromatic rings. The number of carbonyl (C=O) groups excluding carboxylic acids is 1. The van der Waals surface area contributed by atoms with Crippen molar-refractivity contribution in [2.24, 2.45) is 34.5 Å². The molecule has 37 heavy (non-hydrogen) atoms. The Morgan fingerprint density at radius 1 is 1.08 bits per heavy atom. The number of amides is 1. The number of rotatable bonds is 5. The van der Waals surface area contributed by atoms with Crippen LogP contribution in [0, 0.1) is 45.8 Å². The molecule has 0 saturated heterocycles. The fourth-order valence-corrected chi connectivity index (χ4v) is 8.54. The molecule has 2 saturated carbocycles. The molecule has 198 valence electrons. The molecule has 5 rings (SSSR count). The second-order valence-corrected chi connectivity index (χ2v) is 12.8. The summed E-state index contributed by atoms with van der Waals surface area (Å²) in [6, 6.07) is 8.27. The van der Waals surface area contributed by atoms with E-state index >= 15 is 0 Å². The molecular formula is C32H42N2O3. The fraction of sp³-hybridized carbons (Fsp3) is 0.625. The quantitative estimate of drug-likeness (QED) is 0.487. The lowest BCUT2D eigenvalue weighted by molar-refractivity contribution is -0.133. The minimum atomic E-state index is -0.523. The van der Waals surface area contributed by atoms with Crippen molar-refractivity contribution in [1.82, 2.24) is 5.32 Å². The van der Waals surface area contributed by atoms with Crippen LogP contribution in [0.2, 0.25) is 0 Å². The Hall–Kier alpha value is -2.74. The minimum absolute atomic E-state index is 0.0307. The zero-order valence-electron chi connectivity index (χ0n) is 23.3. The Morgan fingerprint density at radius 3 is 2.54 bits per heavy atom. The highest BCUT2D eigenvalue weighted by atomic mass is 16.5. The van der Waals surface area contributed by atoms with E-state index in [9.17, 15) is 10.1 Å². The second kappa shape index (κ2) is 9.22. The lowest BCUT2D eigenvalue weighted by atomic mass is 9.48. The van der Waals surface area contributed by atoms with Gasteiger partial charge in [0.05, 0.1) is 25.8 Å². The number of benzene rings is 1. The predicted molar refractivity (Wildman–Crippen MR) is 145 cm³/mol. The van der Waals surface area contributed by atoms with E-state index in [1.54, 1.807) is 14.2 Å². The van der Waals surface area contributed by atoms with Crippen molar-refractivity contribution in [3.05, 3.63) is 47.1 Å². The van der Waals surface area contributed by atoms with E-state index in [1.165, 1.54) is 12.0 Å². The highest BCUT2D eigenvalue weighted by molar-refractivity contribution is 5.81. The van der Waals surface area contributed by atoms with Gasteiger partial charge in [0, 0.05) is 11.5 Å². The number of nitriles is 1. The van der Waals surface area contributed by atoms with Crippen molar-refractivity contribution in [1.29, 1.82) is 5.26 Å². The van der Waals surface area contributed by atoms with E-state index in [0.29, 0.717) is 29.3 Å². The average Bonchev–Trinajstić information content (AvgIpc) is 3.24. The lowest BCUT2D eigenvalue weighted by Gasteiger charge is -2.57. The molecule has 0 unspecified atom stereocenters. The molecule has 6 atom stereocenters. The number of carbonyl (C=O) groups is 1. The fourth-order valence-electron chi connectivity index (χ4n) is 8.54. The summed E-state index contributed by atoms with van der Waals surface area (Å²) >= 11 is 0. The second-order valence-electron chi connectivity index (χ2n) is 12.8. The van der Waals surface area contributed by atoms with Crippen LogP contribution in [0.1, 0.15) is 78.2 Å². The van der Waals surface area contributed by atoms with E-state index in [1.807, 2.05) is 18.2 Å². The highest BCUT2D eigenvalue weighted by Gasteiger charge is 2.59. The van der Waals surface area contributed by atoms with Crippen molar-refractivity contribution in [3.63, 3.8) is 0 Å². The normalized spacial score (nSPS) is 34.6. The Labute approximate surface area is 222 Å². The van der Waals surface area contributed by atoms with Crippen molar-refractivity contribution in [2.75, 3.05) is 14.2 Å². The highest BCUT2D eigenvalue weighted by Crippen LogP contribution is 2.66. The van der Waals surface area contributed by atoms with Gasteiger partial charge in [-0.05, 0) is 117 Å². The maximum Gasteiger partial charge on any atom is 0.224 e. The first-order valence-corrected chi connectivity index (χ1v) is 13.9. The van der Waals surface area contributed by atoms with Crippen LogP contribution in [-0.2, 0) is 10.3 Å². The number of allylic oxidation sites excluding steroid dienone is 4. The van der Waals surface area contributed by atoms with Gasteiger partial charge in [0.25, 0.3) is 0 Å². The molecule has 0 radical (unpaired) electrons. The van der Waals surface area contributed by atoms with Crippen LogP contribution in [0.15, 0.2) is 41.5 Å². The molecule has 1 N–H and O–H groups in total. The molecule has 5 nitrogen and oxygen atoms in total. The summed E-state index contributed by atoms with van der Waals surface area (Å²) in [6.45, 7) is 8.97. The van der Waals surface area contributed by atoms with Gasteiger partial charge in [-0.1, -0.05) is 26.0 Å². The first-order chi connectivity index (χ1) is 17.6. The first-order valence-electron chi connectivity index (χ1n) is 13.9. The van der Waals surface area contributed by atoms with Crippen molar-refractivity contribution in [2.45, 2.75) is 78.2 Å². The maximum atomic E-state index is 13.9. The predicted octanol–water partition coefficient (Wildman–Crippen LogP) is 6.69. The van der Waals surface area contributed by atoms with E-state index in [2.05, 4.69) is 51.2 Å². The van der Waals surface area contributed by atoms with Crippen LogP contribution in [0.25, 0.3) is 0 Å². The zero-order valence-corrected chi connectivity index (χ0v) is 23.3. The van der Waals surface area contributed by atoms with Crippen LogP contribution >= 0.6 is 0 Å². The third kappa shape index (κ3) is 4.08. The number of nitrogens with zero attached hydrogens (tertiary/aromatic N) is 1. The summed E-state index contributed by atoms with van der Waals surface area (Å²) in [5.74, 6) is 3.42. The van der Waals surface area contributed by atoms with Gasteiger partial charge in [-0.2, -0.15) is 5.26 Å². The summed E-state index contributed by atoms with van der Waals surface area (Å²) in [7, 11) is 3.27. The monoisotopic (exact) mass is 502 g/mol. The molecule has 1 amide bonds. The number of nitrogens with one attached hydrogen (secondary N) is 1. The minimum Gasteiger partial charge on any atom is -0.493 e. The Morgan fingerprint density at radius 2 is 1.84 bits per heavy atom. The Balaban J connectivity index is 1.35. The van der Waals surface area contributed by atoms with Crippen LogP contribution in [0.3, 0.4) is 0 Å². The standard InChI is InChI=1S/C32H42N2O3/c1-30(2,21-8-12-27(36-5)28(18-21)37-6)34-29(35)26-11-10-24-23-9-7-22-17-20(19-33)13-15-31(22,3)25(23)14-16-32(24,26)4/h7-8,12,17-18,23-26H,9-11,13-16H2,1-6H3,(H,34,35)/t23-,24-,25-,26+,31-,32-/m0/s1. The zero-order chi connectivity index (χ0) is 26.6. The van der Waals surface area contributed by atoms with Gasteiger partial charge in [-0.15, -0.1) is 0 Å². The van der Waals surface area contributed by atoms with Crippen LogP contribution < -0.4 is 14.8 Å². The molecular weight excluding hydrogens is 460 g/mol. The molecule has 5 heteroatoms. The third-order valence-corrected chi connectivity index (χ3v) is 10.8. The molecule has 2 fully saturated rings. The Bertz CT molecular complexity index is 1190. The van der Waals surface area contributed by atoms with Gasteiger partial charge in [0.1, 0.15) is 0 Å². The number of fused-ring (bicyclic) bond motifs is 5. The van der Waals surface area contributed by atoms with Crippen LogP contribution in [-0.4, -0.2) is 20.1 Å². The number of hydrogen-bond donors (Lipinski definition) is 1. The van der Waals surface area contributed by atoms with Gasteiger partial charge in [0.15, 0.2) is 11.5 Å². The molecule has 0 spiro atoms. The van der Waals surface area contributed by atoms with E-state index < -0.39 is 5.54 Å². The number of hydrogen-bond acceptors (Lipinski definition) is 4. The largest absolute Gasteiger partial charge is 0.493 e. The molecule has 0 aliphatic heterocycles. The van der Waals surface area contributed by atoms with Crippen molar-refractivity contribution in [3.8, 4) is 17.6 Å². The molecule has 0 heterocycles. The summed E-state index contributed by atoms with van der Waals surface area (Å²) in [4.78, 5) is 13.9. The smallest absolute Gasteiger partial charge is 0.224 e. The molecule has 4 aliphatic carbocycles. The Kier molecular flexibility index (Phi) is 6.45. The molecule has 0 bridgehead atoms. The summed E-state index contributed by atoms with van der Waals surface area (Å²) in [5.41, 5.74) is 3.00. The topological polar surface area (TPSA) is 71.3 Å². The van der Waals surface area contributed by atoms with Gasteiger partial charge < -0.3 is 14.8 Å². The summed E-state index contributed by atoms with van der Waals surface area (Å²) in [5, 5.41) is 12.9. The van der Waals surface area contributed by atoms with Gasteiger partial charge >= 0.3 is 0 Å². The van der Waals surface area contributed by atoms with E-state index in [4.69, 9.17) is 9.47 Å². The first kappa shape index (κ1) is 25.9. The van der Waals surface area contributed by atoms with Crippen molar-refractivity contribution >= 4 is 5.91 Å². The van der Waals surface area contributed by atoms with E-state index in [0.717, 1.165) is 49.7 Å². The van der Waals surface area contributed by atoms with Gasteiger partial charge in [0.2, 0.25) is 5.91 Å². The van der Waals surface area contributed by atoms with Gasteiger partial charge in [-0.25, -0.2) is 0 Å². The molecule has 1 aromatic carbocycles. The summed E-state index contributed by atoms with van der Waals surface area (Å²) < 4.78 is 10.9.